The Morgan fingerprint density at radius 3 is 2.88 bits per heavy atom. The number of piperidine rings is 1. The zero-order valence-corrected chi connectivity index (χ0v) is 15.9. The molecule has 0 saturated carbocycles. The third-order valence-corrected chi connectivity index (χ3v) is 4.50. The minimum absolute atomic E-state index is 0. The van der Waals surface area contributed by atoms with E-state index in [9.17, 15) is 9.59 Å². The Hall–Kier alpha value is -1.50. The van der Waals surface area contributed by atoms with Crippen molar-refractivity contribution in [2.45, 2.75) is 19.8 Å². The van der Waals surface area contributed by atoms with Gasteiger partial charge in [0.25, 0.3) is 5.91 Å². The molecule has 3 N–H and O–H groups in total. The molecular formula is C17H25Cl2N3O3. The summed E-state index contributed by atoms with van der Waals surface area (Å²) in [5.41, 5.74) is 6.29. The van der Waals surface area contributed by atoms with Crippen molar-refractivity contribution >= 4 is 35.8 Å². The van der Waals surface area contributed by atoms with Crippen LogP contribution in [-0.2, 0) is 9.59 Å². The van der Waals surface area contributed by atoms with E-state index >= 15 is 0 Å². The lowest BCUT2D eigenvalue weighted by atomic mass is 9.97. The first-order chi connectivity index (χ1) is 11.5. The van der Waals surface area contributed by atoms with E-state index in [0.717, 1.165) is 18.4 Å². The predicted molar refractivity (Wildman–Crippen MR) is 100 cm³/mol. The van der Waals surface area contributed by atoms with Crippen LogP contribution in [0.4, 0.5) is 0 Å². The van der Waals surface area contributed by atoms with Crippen molar-refractivity contribution in [2.75, 3.05) is 32.8 Å². The van der Waals surface area contributed by atoms with Crippen molar-refractivity contribution in [1.29, 1.82) is 0 Å². The maximum Gasteiger partial charge on any atom is 0.260 e. The Morgan fingerprint density at radius 1 is 1.44 bits per heavy atom. The lowest BCUT2D eigenvalue weighted by Gasteiger charge is -2.32. The summed E-state index contributed by atoms with van der Waals surface area (Å²) >= 11 is 5.97. The molecule has 140 valence electrons. The molecule has 1 heterocycles. The van der Waals surface area contributed by atoms with Crippen LogP contribution < -0.4 is 15.8 Å². The highest BCUT2D eigenvalue weighted by Crippen LogP contribution is 2.21. The van der Waals surface area contributed by atoms with Crippen molar-refractivity contribution in [1.82, 2.24) is 10.2 Å². The maximum atomic E-state index is 12.3. The zero-order chi connectivity index (χ0) is 17.5. The molecule has 1 aromatic rings. The second-order valence-corrected chi connectivity index (χ2v) is 6.37. The average molecular weight is 390 g/mol. The first kappa shape index (κ1) is 21.5. The van der Waals surface area contributed by atoms with Gasteiger partial charge in [0, 0.05) is 31.2 Å². The van der Waals surface area contributed by atoms with Gasteiger partial charge in [-0.3, -0.25) is 9.59 Å². The van der Waals surface area contributed by atoms with Gasteiger partial charge in [-0.1, -0.05) is 11.6 Å². The lowest BCUT2D eigenvalue weighted by Crippen LogP contribution is -2.47. The number of hydrogen-bond donors (Lipinski definition) is 2. The molecule has 0 aliphatic carbocycles. The molecule has 6 nitrogen and oxygen atoms in total. The van der Waals surface area contributed by atoms with Crippen LogP contribution in [0, 0.1) is 12.8 Å². The van der Waals surface area contributed by atoms with Gasteiger partial charge in [-0.05, 0) is 43.5 Å². The smallest absolute Gasteiger partial charge is 0.260 e. The maximum absolute atomic E-state index is 12.3. The van der Waals surface area contributed by atoms with Crippen LogP contribution in [0.25, 0.3) is 0 Å². The average Bonchev–Trinajstić information content (AvgIpc) is 2.60. The standard InChI is InChI=1S/C17H24ClN3O3.ClH/c1-12-9-14(4-5-15(12)18)24-11-16(22)21-8-2-3-13(10-21)17(23)20-7-6-19;/h4-5,9,13H,2-3,6-8,10-11,19H2,1H3,(H,20,23);1H. The molecule has 1 saturated heterocycles. The number of nitrogens with one attached hydrogen (secondary N) is 1. The minimum atomic E-state index is -0.174. The van der Waals surface area contributed by atoms with Crippen molar-refractivity contribution < 1.29 is 14.3 Å². The van der Waals surface area contributed by atoms with E-state index in [1.54, 1.807) is 23.1 Å². The Kier molecular flexibility index (Phi) is 9.03. The Labute approximate surface area is 159 Å². The summed E-state index contributed by atoms with van der Waals surface area (Å²) in [5.74, 6) is 0.289. The molecule has 0 radical (unpaired) electrons. The van der Waals surface area contributed by atoms with E-state index < -0.39 is 0 Å². The zero-order valence-electron chi connectivity index (χ0n) is 14.3. The first-order valence-corrected chi connectivity index (χ1v) is 8.53. The highest BCUT2D eigenvalue weighted by Gasteiger charge is 2.28. The number of aryl methyl sites for hydroxylation is 1. The highest BCUT2D eigenvalue weighted by molar-refractivity contribution is 6.31. The van der Waals surface area contributed by atoms with Gasteiger partial charge >= 0.3 is 0 Å². The van der Waals surface area contributed by atoms with Gasteiger partial charge in [-0.15, -0.1) is 12.4 Å². The number of likely N-dealkylation sites (tertiary alicyclic amines) is 1. The summed E-state index contributed by atoms with van der Waals surface area (Å²) in [4.78, 5) is 26.0. The van der Waals surface area contributed by atoms with E-state index in [-0.39, 0.29) is 36.7 Å². The number of halogens is 2. The first-order valence-electron chi connectivity index (χ1n) is 8.15. The number of carbonyl (C=O) groups is 2. The number of amides is 2. The third-order valence-electron chi connectivity index (χ3n) is 4.08. The highest BCUT2D eigenvalue weighted by atomic mass is 35.5. The fourth-order valence-corrected chi connectivity index (χ4v) is 2.82. The molecule has 1 aromatic carbocycles. The van der Waals surface area contributed by atoms with E-state index in [1.807, 2.05) is 6.92 Å². The summed E-state index contributed by atoms with van der Waals surface area (Å²) in [7, 11) is 0. The van der Waals surface area contributed by atoms with Gasteiger partial charge < -0.3 is 20.7 Å². The molecule has 1 aliphatic heterocycles. The second kappa shape index (κ2) is 10.5. The number of nitrogens with zero attached hydrogens (tertiary/aromatic N) is 1. The van der Waals surface area contributed by atoms with Gasteiger partial charge in [0.2, 0.25) is 5.91 Å². The van der Waals surface area contributed by atoms with Crippen molar-refractivity contribution in [3.8, 4) is 5.75 Å². The SMILES string of the molecule is Cc1cc(OCC(=O)N2CCCC(C(=O)NCCN)C2)ccc1Cl.Cl. The molecule has 1 atom stereocenters. The number of ether oxygens (including phenoxy) is 1. The van der Waals surface area contributed by atoms with Crippen LogP contribution in [0.2, 0.25) is 5.02 Å². The van der Waals surface area contributed by atoms with Gasteiger partial charge in [0.1, 0.15) is 5.75 Å². The lowest BCUT2D eigenvalue weighted by molar-refractivity contribution is -0.137. The predicted octanol–water partition coefficient (Wildman–Crippen LogP) is 1.76. The van der Waals surface area contributed by atoms with Crippen LogP contribution in [0.1, 0.15) is 18.4 Å². The quantitative estimate of drug-likeness (QED) is 0.775. The molecule has 0 bridgehead atoms. The molecule has 1 fully saturated rings. The molecule has 2 amide bonds. The summed E-state index contributed by atoms with van der Waals surface area (Å²) in [5, 5.41) is 3.45. The fraction of sp³-hybridized carbons (Fsp3) is 0.529. The van der Waals surface area contributed by atoms with Gasteiger partial charge in [0.05, 0.1) is 5.92 Å². The largest absolute Gasteiger partial charge is 0.484 e. The molecule has 2 rings (SSSR count). The minimum Gasteiger partial charge on any atom is -0.484 e. The summed E-state index contributed by atoms with van der Waals surface area (Å²) < 4.78 is 5.55. The Bertz CT molecular complexity index is 599. The number of rotatable bonds is 6. The second-order valence-electron chi connectivity index (χ2n) is 5.96. The van der Waals surface area contributed by atoms with Crippen molar-refractivity contribution in [2.24, 2.45) is 11.7 Å². The van der Waals surface area contributed by atoms with Gasteiger partial charge in [-0.25, -0.2) is 0 Å². The van der Waals surface area contributed by atoms with Crippen LogP contribution in [0.5, 0.6) is 5.75 Å². The number of hydrogen-bond acceptors (Lipinski definition) is 4. The van der Waals surface area contributed by atoms with Gasteiger partial charge in [-0.2, -0.15) is 0 Å². The molecule has 25 heavy (non-hydrogen) atoms. The van der Waals surface area contributed by atoms with Crippen LogP contribution in [-0.4, -0.2) is 49.5 Å². The van der Waals surface area contributed by atoms with Gasteiger partial charge in [0.15, 0.2) is 6.61 Å². The van der Waals surface area contributed by atoms with Crippen molar-refractivity contribution in [3.63, 3.8) is 0 Å². The third kappa shape index (κ3) is 6.38. The van der Waals surface area contributed by atoms with E-state index in [2.05, 4.69) is 5.32 Å². The molecule has 8 heteroatoms. The molecule has 0 aromatic heterocycles. The summed E-state index contributed by atoms with van der Waals surface area (Å²) in [6, 6.07) is 5.28. The van der Waals surface area contributed by atoms with E-state index in [1.165, 1.54) is 0 Å². The summed E-state index contributed by atoms with van der Waals surface area (Å²) in [6.45, 7) is 3.79. The topological polar surface area (TPSA) is 84.7 Å². The monoisotopic (exact) mass is 389 g/mol. The Morgan fingerprint density at radius 2 is 2.20 bits per heavy atom. The van der Waals surface area contributed by atoms with Crippen LogP contribution in [0.15, 0.2) is 18.2 Å². The Balaban J connectivity index is 0.00000312. The molecule has 1 aliphatic rings. The number of benzene rings is 1. The van der Waals surface area contributed by atoms with E-state index in [4.69, 9.17) is 22.1 Å². The fourth-order valence-electron chi connectivity index (χ4n) is 2.70. The normalized spacial score (nSPS) is 16.8. The summed E-state index contributed by atoms with van der Waals surface area (Å²) in [6.07, 6.45) is 1.60. The van der Waals surface area contributed by atoms with Crippen molar-refractivity contribution in [3.05, 3.63) is 28.8 Å². The molecule has 1 unspecified atom stereocenters. The number of carbonyl (C=O) groups excluding carboxylic acids is 2. The molecule has 0 spiro atoms. The van der Waals surface area contributed by atoms with Crippen LogP contribution >= 0.6 is 24.0 Å². The number of nitrogens with two attached hydrogens (primary N) is 1. The molecular weight excluding hydrogens is 365 g/mol. The van der Waals surface area contributed by atoms with E-state index in [0.29, 0.717) is 37.0 Å². The van der Waals surface area contributed by atoms with Crippen LogP contribution in [0.3, 0.4) is 0 Å².